The molecule has 1 aromatic heterocycles. The van der Waals surface area contributed by atoms with Gasteiger partial charge in [0.25, 0.3) is 5.91 Å². The number of carbonyl (C=O) groups is 1. The minimum Gasteiger partial charge on any atom is -0.457 e. The quantitative estimate of drug-likeness (QED) is 0.732. The van der Waals surface area contributed by atoms with E-state index in [4.69, 9.17) is 4.74 Å². The highest BCUT2D eigenvalue weighted by Gasteiger charge is 2.12. The van der Waals surface area contributed by atoms with Crippen LogP contribution < -0.4 is 10.1 Å². The van der Waals surface area contributed by atoms with Gasteiger partial charge in [-0.05, 0) is 54.4 Å². The zero-order valence-corrected chi connectivity index (χ0v) is 14.7. The summed E-state index contributed by atoms with van der Waals surface area (Å²) in [4.78, 5) is 12.3. The molecule has 0 spiro atoms. The van der Waals surface area contributed by atoms with Crippen molar-refractivity contribution >= 4 is 5.91 Å². The molecule has 2 aromatic carbocycles. The lowest BCUT2D eigenvalue weighted by Gasteiger charge is -2.09. The third kappa shape index (κ3) is 4.27. The second-order valence-electron chi connectivity index (χ2n) is 5.88. The van der Waals surface area contributed by atoms with Crippen LogP contribution in [0.15, 0.2) is 54.6 Å². The van der Waals surface area contributed by atoms with Crippen LogP contribution in [0.25, 0.3) is 0 Å². The van der Waals surface area contributed by atoms with Crippen molar-refractivity contribution < 1.29 is 13.9 Å². The van der Waals surface area contributed by atoms with Crippen molar-refractivity contribution in [2.75, 3.05) is 0 Å². The van der Waals surface area contributed by atoms with E-state index in [9.17, 15) is 9.18 Å². The van der Waals surface area contributed by atoms with Gasteiger partial charge in [0.05, 0.1) is 5.69 Å². The molecule has 1 amide bonds. The Balaban J connectivity index is 1.64. The molecule has 5 nitrogen and oxygen atoms in total. The Morgan fingerprint density at radius 2 is 1.92 bits per heavy atom. The number of rotatable bonds is 6. The average molecular weight is 353 g/mol. The van der Waals surface area contributed by atoms with E-state index in [-0.39, 0.29) is 11.7 Å². The van der Waals surface area contributed by atoms with E-state index in [1.54, 1.807) is 29.9 Å². The fourth-order valence-electron chi connectivity index (χ4n) is 2.54. The zero-order valence-electron chi connectivity index (χ0n) is 14.7. The predicted molar refractivity (Wildman–Crippen MR) is 96.7 cm³/mol. The van der Waals surface area contributed by atoms with Gasteiger partial charge in [0, 0.05) is 13.6 Å². The van der Waals surface area contributed by atoms with E-state index in [0.717, 1.165) is 17.7 Å². The summed E-state index contributed by atoms with van der Waals surface area (Å²) in [6.45, 7) is 2.36. The van der Waals surface area contributed by atoms with Gasteiger partial charge < -0.3 is 10.1 Å². The summed E-state index contributed by atoms with van der Waals surface area (Å²) in [5, 5.41) is 7.17. The summed E-state index contributed by atoms with van der Waals surface area (Å²) in [6, 6.07) is 15.0. The van der Waals surface area contributed by atoms with Crippen LogP contribution in [0.1, 0.15) is 28.7 Å². The van der Waals surface area contributed by atoms with E-state index in [0.29, 0.717) is 23.7 Å². The fourth-order valence-corrected chi connectivity index (χ4v) is 2.54. The monoisotopic (exact) mass is 353 g/mol. The Morgan fingerprint density at radius 1 is 1.15 bits per heavy atom. The van der Waals surface area contributed by atoms with Gasteiger partial charge in [0.15, 0.2) is 0 Å². The molecule has 0 aliphatic heterocycles. The topological polar surface area (TPSA) is 56.1 Å². The molecule has 0 saturated heterocycles. The molecule has 0 unspecified atom stereocenters. The highest BCUT2D eigenvalue weighted by atomic mass is 19.1. The highest BCUT2D eigenvalue weighted by molar-refractivity contribution is 5.92. The van der Waals surface area contributed by atoms with E-state index < -0.39 is 0 Å². The summed E-state index contributed by atoms with van der Waals surface area (Å²) in [6.07, 6.45) is 0.782. The van der Waals surface area contributed by atoms with Crippen molar-refractivity contribution in [3.05, 3.63) is 77.4 Å². The molecule has 0 bridgehead atoms. The number of benzene rings is 2. The van der Waals surface area contributed by atoms with Crippen LogP contribution in [0.4, 0.5) is 4.39 Å². The number of halogens is 1. The first-order valence-corrected chi connectivity index (χ1v) is 8.38. The van der Waals surface area contributed by atoms with Gasteiger partial charge in [0.2, 0.25) is 0 Å². The lowest BCUT2D eigenvalue weighted by atomic mass is 10.2. The number of aromatic nitrogens is 2. The van der Waals surface area contributed by atoms with Crippen LogP contribution in [0, 0.1) is 5.82 Å². The Kier molecular flexibility index (Phi) is 5.31. The summed E-state index contributed by atoms with van der Waals surface area (Å²) < 4.78 is 20.3. The number of hydrogen-bond acceptors (Lipinski definition) is 3. The Hall–Kier alpha value is -3.15. The fraction of sp³-hybridized carbons (Fsp3) is 0.200. The lowest BCUT2D eigenvalue weighted by molar-refractivity contribution is 0.0941. The third-order valence-corrected chi connectivity index (χ3v) is 3.93. The van der Waals surface area contributed by atoms with Gasteiger partial charge in [-0.1, -0.05) is 19.1 Å². The molecule has 0 fully saturated rings. The Labute approximate surface area is 151 Å². The Bertz CT molecular complexity index is 904. The molecular weight excluding hydrogens is 333 g/mol. The average Bonchev–Trinajstić information content (AvgIpc) is 3.03. The van der Waals surface area contributed by atoms with Crippen molar-refractivity contribution in [2.45, 2.75) is 19.9 Å². The lowest BCUT2D eigenvalue weighted by Crippen LogP contribution is -2.25. The molecule has 3 aromatic rings. The van der Waals surface area contributed by atoms with E-state index in [1.807, 2.05) is 31.2 Å². The van der Waals surface area contributed by atoms with Crippen LogP contribution in [-0.2, 0) is 20.0 Å². The van der Waals surface area contributed by atoms with Crippen molar-refractivity contribution in [3.63, 3.8) is 0 Å². The number of ether oxygens (including phenoxy) is 1. The van der Waals surface area contributed by atoms with E-state index in [2.05, 4.69) is 10.4 Å². The number of amides is 1. The standard InChI is InChI=1S/C20H20FN3O2/c1-3-16-12-19(24(2)23-16)20(25)22-13-14-5-4-6-18(11-14)26-17-9-7-15(21)8-10-17/h4-12H,3,13H2,1-2H3,(H,22,25). The van der Waals surface area contributed by atoms with Gasteiger partial charge in [-0.25, -0.2) is 4.39 Å². The number of carbonyl (C=O) groups excluding carboxylic acids is 1. The van der Waals surface area contributed by atoms with E-state index in [1.165, 1.54) is 12.1 Å². The Morgan fingerprint density at radius 3 is 2.62 bits per heavy atom. The summed E-state index contributed by atoms with van der Waals surface area (Å²) in [5.74, 6) is 0.687. The van der Waals surface area contributed by atoms with E-state index >= 15 is 0 Å². The normalized spacial score (nSPS) is 10.6. The highest BCUT2D eigenvalue weighted by Crippen LogP contribution is 2.22. The van der Waals surface area contributed by atoms with Crippen LogP contribution in [0.3, 0.4) is 0 Å². The molecule has 0 aliphatic rings. The summed E-state index contributed by atoms with van der Waals surface area (Å²) >= 11 is 0. The summed E-state index contributed by atoms with van der Waals surface area (Å²) in [7, 11) is 1.76. The second-order valence-corrected chi connectivity index (χ2v) is 5.88. The van der Waals surface area contributed by atoms with Crippen molar-refractivity contribution in [3.8, 4) is 11.5 Å². The van der Waals surface area contributed by atoms with Crippen molar-refractivity contribution in [1.82, 2.24) is 15.1 Å². The van der Waals surface area contributed by atoms with Crippen molar-refractivity contribution in [1.29, 1.82) is 0 Å². The number of nitrogens with one attached hydrogen (secondary N) is 1. The molecule has 26 heavy (non-hydrogen) atoms. The molecule has 0 aliphatic carbocycles. The minimum absolute atomic E-state index is 0.176. The zero-order chi connectivity index (χ0) is 18.5. The van der Waals surface area contributed by atoms with Crippen LogP contribution >= 0.6 is 0 Å². The number of nitrogens with zero attached hydrogens (tertiary/aromatic N) is 2. The maximum Gasteiger partial charge on any atom is 0.269 e. The third-order valence-electron chi connectivity index (χ3n) is 3.93. The molecule has 6 heteroatoms. The first-order valence-electron chi connectivity index (χ1n) is 8.38. The first-order chi connectivity index (χ1) is 12.5. The number of aryl methyl sites for hydroxylation is 2. The molecule has 0 saturated carbocycles. The number of hydrogen-bond donors (Lipinski definition) is 1. The van der Waals surface area contributed by atoms with Gasteiger partial charge in [-0.2, -0.15) is 5.10 Å². The maximum atomic E-state index is 13.0. The van der Waals surface area contributed by atoms with Gasteiger partial charge >= 0.3 is 0 Å². The molecule has 3 rings (SSSR count). The van der Waals surface area contributed by atoms with Crippen molar-refractivity contribution in [2.24, 2.45) is 7.05 Å². The largest absolute Gasteiger partial charge is 0.457 e. The van der Waals surface area contributed by atoms with Gasteiger partial charge in [-0.15, -0.1) is 0 Å². The predicted octanol–water partition coefficient (Wildman–Crippen LogP) is 3.84. The molecule has 134 valence electrons. The first kappa shape index (κ1) is 17.7. The molecular formula is C20H20FN3O2. The van der Waals surface area contributed by atoms with Gasteiger partial charge in [0.1, 0.15) is 23.0 Å². The van der Waals surface area contributed by atoms with Crippen LogP contribution in [0.2, 0.25) is 0 Å². The molecule has 1 heterocycles. The van der Waals surface area contributed by atoms with Crippen LogP contribution in [0.5, 0.6) is 11.5 Å². The molecule has 0 atom stereocenters. The molecule has 1 N–H and O–H groups in total. The maximum absolute atomic E-state index is 13.0. The second kappa shape index (κ2) is 7.82. The molecule has 0 radical (unpaired) electrons. The SMILES string of the molecule is CCc1cc(C(=O)NCc2cccc(Oc3ccc(F)cc3)c2)n(C)n1. The summed E-state index contributed by atoms with van der Waals surface area (Å²) in [5.41, 5.74) is 2.31. The smallest absolute Gasteiger partial charge is 0.269 e. The minimum atomic E-state index is -0.310. The van der Waals surface area contributed by atoms with Gasteiger partial charge in [-0.3, -0.25) is 9.48 Å². The van der Waals surface area contributed by atoms with Crippen LogP contribution in [-0.4, -0.2) is 15.7 Å².